The zero-order chi connectivity index (χ0) is 18.8. The monoisotopic (exact) mass is 360 g/mol. The molecule has 2 aromatic carbocycles. The Labute approximate surface area is 156 Å². The molecule has 0 fully saturated rings. The largest absolute Gasteiger partial charge is 0.493 e. The van der Waals surface area contributed by atoms with Gasteiger partial charge in [0.2, 0.25) is 12.5 Å². The number of nitrogens with zero attached hydrogens (tertiary/aromatic N) is 4. The summed E-state index contributed by atoms with van der Waals surface area (Å²) in [5, 5.41) is 18.1. The van der Waals surface area contributed by atoms with Crippen molar-refractivity contribution in [3.63, 3.8) is 0 Å². The second-order valence-electron chi connectivity index (χ2n) is 5.90. The van der Waals surface area contributed by atoms with Crippen LogP contribution in [0, 0.1) is 11.3 Å². The van der Waals surface area contributed by atoms with E-state index in [1.54, 1.807) is 29.9 Å². The van der Waals surface area contributed by atoms with Crippen molar-refractivity contribution >= 4 is 11.6 Å². The van der Waals surface area contributed by atoms with Gasteiger partial charge in [0.05, 0.1) is 12.7 Å². The van der Waals surface area contributed by atoms with Crippen LogP contribution in [0.3, 0.4) is 0 Å². The molecular formula is C20H16N4O3. The van der Waals surface area contributed by atoms with Crippen LogP contribution in [0.2, 0.25) is 0 Å². The van der Waals surface area contributed by atoms with E-state index in [4.69, 9.17) is 14.2 Å². The van der Waals surface area contributed by atoms with Gasteiger partial charge in [-0.1, -0.05) is 30.3 Å². The lowest BCUT2D eigenvalue weighted by Gasteiger charge is -2.07. The molecule has 1 aliphatic heterocycles. The third kappa shape index (κ3) is 2.98. The van der Waals surface area contributed by atoms with Crippen LogP contribution >= 0.6 is 0 Å². The first-order valence-corrected chi connectivity index (χ1v) is 8.26. The Morgan fingerprint density at radius 3 is 2.78 bits per heavy atom. The minimum atomic E-state index is 0.147. The van der Waals surface area contributed by atoms with Gasteiger partial charge in [0.1, 0.15) is 6.07 Å². The van der Waals surface area contributed by atoms with Crippen LogP contribution in [0.25, 0.3) is 23.0 Å². The van der Waals surface area contributed by atoms with Crippen LogP contribution in [0.15, 0.2) is 42.5 Å². The van der Waals surface area contributed by atoms with E-state index in [1.165, 1.54) is 0 Å². The molecule has 0 amide bonds. The summed E-state index contributed by atoms with van der Waals surface area (Å²) in [6, 6.07) is 15.5. The normalized spacial score (nSPS) is 12.7. The lowest BCUT2D eigenvalue weighted by atomic mass is 10.1. The highest BCUT2D eigenvalue weighted by molar-refractivity contribution is 5.88. The van der Waals surface area contributed by atoms with Gasteiger partial charge in [-0.05, 0) is 23.8 Å². The summed E-state index contributed by atoms with van der Waals surface area (Å²) in [6.07, 6.45) is 1.73. The van der Waals surface area contributed by atoms with Crippen molar-refractivity contribution in [2.75, 3.05) is 13.9 Å². The third-order valence-corrected chi connectivity index (χ3v) is 4.26. The fraction of sp³-hybridized carbons (Fsp3) is 0.150. The van der Waals surface area contributed by atoms with E-state index in [1.807, 2.05) is 37.4 Å². The maximum absolute atomic E-state index is 9.68. The van der Waals surface area contributed by atoms with Crippen LogP contribution in [-0.4, -0.2) is 28.7 Å². The number of hydrogen-bond donors (Lipinski definition) is 0. The van der Waals surface area contributed by atoms with Crippen LogP contribution in [0.5, 0.6) is 17.2 Å². The molecule has 0 atom stereocenters. The third-order valence-electron chi connectivity index (χ3n) is 4.26. The second kappa shape index (κ2) is 6.84. The molecule has 7 nitrogen and oxygen atoms in total. The zero-order valence-electron chi connectivity index (χ0n) is 14.8. The lowest BCUT2D eigenvalue weighted by Crippen LogP contribution is -1.98. The van der Waals surface area contributed by atoms with Gasteiger partial charge in [0.15, 0.2) is 23.1 Å². The minimum Gasteiger partial charge on any atom is -0.493 e. The molecule has 1 aromatic heterocycles. The van der Waals surface area contributed by atoms with Crippen molar-refractivity contribution in [2.24, 2.45) is 7.05 Å². The number of hydrogen-bond acceptors (Lipinski definition) is 6. The van der Waals surface area contributed by atoms with Crippen molar-refractivity contribution in [3.05, 3.63) is 53.9 Å². The van der Waals surface area contributed by atoms with E-state index < -0.39 is 0 Å². The molecule has 0 saturated heterocycles. The van der Waals surface area contributed by atoms with Gasteiger partial charge in [-0.2, -0.15) is 5.26 Å². The molecule has 0 spiro atoms. The number of allylic oxidation sites excluding steroid dienone is 1. The standard InChI is InChI=1S/C20H16N4O3/c1-24-19(14-6-4-3-5-7-14)22-23-20(24)15(11-21)8-13-9-16(25-2)18-17(10-13)26-12-27-18/h3-10H,12H2,1-2H3/b15-8-. The van der Waals surface area contributed by atoms with Crippen LogP contribution in [-0.2, 0) is 7.05 Å². The van der Waals surface area contributed by atoms with Crippen LogP contribution in [0.1, 0.15) is 11.4 Å². The summed E-state index contributed by atoms with van der Waals surface area (Å²) in [7, 11) is 3.40. The summed E-state index contributed by atoms with van der Waals surface area (Å²) in [5.74, 6) is 2.87. The van der Waals surface area contributed by atoms with E-state index in [-0.39, 0.29) is 6.79 Å². The molecule has 0 bridgehead atoms. The number of methoxy groups -OCH3 is 1. The summed E-state index contributed by atoms with van der Waals surface area (Å²) >= 11 is 0. The van der Waals surface area contributed by atoms with Gasteiger partial charge < -0.3 is 18.8 Å². The predicted molar refractivity (Wildman–Crippen MR) is 99.0 cm³/mol. The highest BCUT2D eigenvalue weighted by atomic mass is 16.7. The van der Waals surface area contributed by atoms with E-state index in [9.17, 15) is 5.26 Å². The quantitative estimate of drug-likeness (QED) is 0.664. The molecule has 134 valence electrons. The Bertz CT molecular complexity index is 1060. The molecule has 2 heterocycles. The van der Waals surface area contributed by atoms with Crippen molar-refractivity contribution in [2.45, 2.75) is 0 Å². The van der Waals surface area contributed by atoms with E-state index in [0.717, 1.165) is 11.1 Å². The van der Waals surface area contributed by atoms with Crippen LogP contribution < -0.4 is 14.2 Å². The predicted octanol–water partition coefficient (Wildman–Crippen LogP) is 3.28. The number of benzene rings is 2. The zero-order valence-corrected chi connectivity index (χ0v) is 14.8. The smallest absolute Gasteiger partial charge is 0.231 e. The molecule has 27 heavy (non-hydrogen) atoms. The Hall–Kier alpha value is -3.79. The number of nitriles is 1. The molecule has 3 aromatic rings. The fourth-order valence-electron chi connectivity index (χ4n) is 2.95. The van der Waals surface area contributed by atoms with Crippen molar-refractivity contribution < 1.29 is 14.2 Å². The number of fused-ring (bicyclic) bond motifs is 1. The Morgan fingerprint density at radius 1 is 1.22 bits per heavy atom. The second-order valence-corrected chi connectivity index (χ2v) is 5.90. The first-order valence-electron chi connectivity index (χ1n) is 8.26. The Morgan fingerprint density at radius 2 is 2.04 bits per heavy atom. The molecular weight excluding hydrogens is 344 g/mol. The van der Waals surface area contributed by atoms with E-state index in [0.29, 0.717) is 34.5 Å². The lowest BCUT2D eigenvalue weighted by molar-refractivity contribution is 0.171. The Balaban J connectivity index is 1.76. The molecule has 1 aliphatic rings. The number of rotatable bonds is 4. The summed E-state index contributed by atoms with van der Waals surface area (Å²) in [6.45, 7) is 0.147. The number of ether oxygens (including phenoxy) is 3. The molecule has 7 heteroatoms. The van der Waals surface area contributed by atoms with Crippen molar-refractivity contribution in [1.82, 2.24) is 14.8 Å². The summed E-state index contributed by atoms with van der Waals surface area (Å²) in [5.41, 5.74) is 2.06. The van der Waals surface area contributed by atoms with E-state index in [2.05, 4.69) is 16.3 Å². The van der Waals surface area contributed by atoms with Gasteiger partial charge in [-0.25, -0.2) is 0 Å². The maximum atomic E-state index is 9.68. The van der Waals surface area contributed by atoms with Crippen LogP contribution in [0.4, 0.5) is 0 Å². The average molecular weight is 360 g/mol. The highest BCUT2D eigenvalue weighted by Crippen LogP contribution is 2.42. The highest BCUT2D eigenvalue weighted by Gasteiger charge is 2.20. The van der Waals surface area contributed by atoms with Gasteiger partial charge in [-0.15, -0.1) is 10.2 Å². The Kier molecular flexibility index (Phi) is 4.22. The maximum Gasteiger partial charge on any atom is 0.231 e. The van der Waals surface area contributed by atoms with E-state index >= 15 is 0 Å². The minimum absolute atomic E-state index is 0.147. The first kappa shape index (κ1) is 16.7. The van der Waals surface area contributed by atoms with Gasteiger partial charge in [-0.3, -0.25) is 0 Å². The number of aromatic nitrogens is 3. The van der Waals surface area contributed by atoms with Gasteiger partial charge in [0.25, 0.3) is 0 Å². The van der Waals surface area contributed by atoms with Gasteiger partial charge >= 0.3 is 0 Å². The molecule has 0 saturated carbocycles. The molecule has 4 rings (SSSR count). The molecule has 0 radical (unpaired) electrons. The van der Waals surface area contributed by atoms with Crippen molar-refractivity contribution in [3.8, 4) is 34.7 Å². The first-order chi connectivity index (χ1) is 13.2. The molecule has 0 aliphatic carbocycles. The molecule has 0 unspecified atom stereocenters. The molecule has 0 N–H and O–H groups in total. The van der Waals surface area contributed by atoms with Gasteiger partial charge in [0, 0.05) is 12.6 Å². The fourth-order valence-corrected chi connectivity index (χ4v) is 2.95. The topological polar surface area (TPSA) is 82.2 Å². The summed E-state index contributed by atoms with van der Waals surface area (Å²) in [4.78, 5) is 0. The van der Waals surface area contributed by atoms with Crippen molar-refractivity contribution in [1.29, 1.82) is 5.26 Å². The summed E-state index contributed by atoms with van der Waals surface area (Å²) < 4.78 is 18.0. The SMILES string of the molecule is COc1cc(/C=C(/C#N)c2nnc(-c3ccccc3)n2C)cc2c1OCO2. The average Bonchev–Trinajstić information content (AvgIpc) is 3.32.